The minimum Gasteiger partial charge on any atom is -0.337 e. The molecule has 4 aromatic rings. The van der Waals surface area contributed by atoms with Gasteiger partial charge < -0.3 is 9.55 Å². The summed E-state index contributed by atoms with van der Waals surface area (Å²) in [6, 6.07) is 17.0. The Kier molecular flexibility index (Phi) is 4.60. The van der Waals surface area contributed by atoms with Crippen molar-refractivity contribution in [3.8, 4) is 11.8 Å². The van der Waals surface area contributed by atoms with E-state index in [0.29, 0.717) is 11.4 Å². The predicted molar refractivity (Wildman–Crippen MR) is 119 cm³/mol. The second-order valence-electron chi connectivity index (χ2n) is 7.71. The number of nitrogens with zero attached hydrogens (tertiary/aromatic N) is 3. The lowest BCUT2D eigenvalue weighted by atomic mass is 10.1. The fraction of sp³-hybridized carbons (Fsp3) is 0.200. The summed E-state index contributed by atoms with van der Waals surface area (Å²) in [6.07, 6.45) is 1.92. The smallest absolute Gasteiger partial charge is 0.149 e. The zero-order chi connectivity index (χ0) is 20.7. The maximum atomic E-state index is 9.79. The third-order valence-electron chi connectivity index (χ3n) is 5.53. The molecular weight excluding hydrogens is 356 g/mol. The number of aromatic nitrogens is 3. The number of fused-ring (bicyclic) bond motifs is 1. The Morgan fingerprint density at radius 2 is 1.79 bits per heavy atom. The van der Waals surface area contributed by atoms with Gasteiger partial charge in [-0.05, 0) is 93.3 Å². The topological polar surface area (TPSA) is 57.4 Å². The highest BCUT2D eigenvalue weighted by molar-refractivity contribution is 5.91. The number of aromatic amines is 1. The average molecular weight is 380 g/mol. The van der Waals surface area contributed by atoms with Crippen molar-refractivity contribution in [2.24, 2.45) is 0 Å². The molecule has 0 fully saturated rings. The molecule has 0 aliphatic rings. The van der Waals surface area contributed by atoms with E-state index in [1.807, 2.05) is 31.2 Å². The van der Waals surface area contributed by atoms with Crippen LogP contribution < -0.4 is 0 Å². The Morgan fingerprint density at radius 3 is 2.52 bits per heavy atom. The van der Waals surface area contributed by atoms with E-state index in [0.717, 1.165) is 39.2 Å². The van der Waals surface area contributed by atoms with Crippen LogP contribution in [-0.4, -0.2) is 14.5 Å². The van der Waals surface area contributed by atoms with Gasteiger partial charge in [-0.3, -0.25) is 0 Å². The highest BCUT2D eigenvalue weighted by atomic mass is 15.0. The van der Waals surface area contributed by atoms with Crippen LogP contribution in [0.25, 0.3) is 28.4 Å². The van der Waals surface area contributed by atoms with Crippen LogP contribution in [-0.2, 0) is 0 Å². The maximum Gasteiger partial charge on any atom is 0.149 e. The molecule has 0 aliphatic carbocycles. The van der Waals surface area contributed by atoms with Crippen molar-refractivity contribution in [2.75, 3.05) is 0 Å². The number of imidazole rings is 1. The molecule has 0 amide bonds. The lowest BCUT2D eigenvalue weighted by molar-refractivity contribution is 0.961. The third kappa shape index (κ3) is 3.36. The zero-order valence-corrected chi connectivity index (χ0v) is 17.5. The van der Waals surface area contributed by atoms with Crippen molar-refractivity contribution in [1.29, 1.82) is 5.26 Å². The summed E-state index contributed by atoms with van der Waals surface area (Å²) in [5.74, 6) is 0.601. The SMILES string of the molecule is Cc1ccc2nc(/C(C#N)=C\c3cc(C)n(-c4ccc(C)c(C)c4)c3C)[nH]c2c1. The minimum absolute atomic E-state index is 0.527. The van der Waals surface area contributed by atoms with Gasteiger partial charge in [0.1, 0.15) is 11.9 Å². The van der Waals surface area contributed by atoms with E-state index in [9.17, 15) is 5.26 Å². The summed E-state index contributed by atoms with van der Waals surface area (Å²) in [5.41, 5.74) is 10.4. The molecular formula is C25H24N4. The van der Waals surface area contributed by atoms with Crippen LogP contribution in [0.2, 0.25) is 0 Å². The molecule has 0 bridgehead atoms. The van der Waals surface area contributed by atoms with Crippen molar-refractivity contribution in [2.45, 2.75) is 34.6 Å². The number of aryl methyl sites for hydroxylation is 4. The summed E-state index contributed by atoms with van der Waals surface area (Å²) in [5, 5.41) is 9.79. The molecule has 29 heavy (non-hydrogen) atoms. The second kappa shape index (κ2) is 7.10. The van der Waals surface area contributed by atoms with E-state index < -0.39 is 0 Å². The van der Waals surface area contributed by atoms with Gasteiger partial charge in [0.05, 0.1) is 16.6 Å². The molecule has 4 rings (SSSR count). The lowest BCUT2D eigenvalue weighted by Gasteiger charge is -2.11. The first-order valence-corrected chi connectivity index (χ1v) is 9.72. The van der Waals surface area contributed by atoms with Gasteiger partial charge in [0.25, 0.3) is 0 Å². The van der Waals surface area contributed by atoms with Gasteiger partial charge in [0, 0.05) is 17.1 Å². The molecule has 2 aromatic heterocycles. The molecule has 0 unspecified atom stereocenters. The Hall–Kier alpha value is -3.58. The van der Waals surface area contributed by atoms with Gasteiger partial charge in [-0.1, -0.05) is 12.1 Å². The van der Waals surface area contributed by atoms with Gasteiger partial charge >= 0.3 is 0 Å². The van der Waals surface area contributed by atoms with Gasteiger partial charge in [-0.2, -0.15) is 5.26 Å². The Labute approximate surface area is 171 Å². The molecule has 0 spiro atoms. The van der Waals surface area contributed by atoms with E-state index >= 15 is 0 Å². The molecule has 2 aromatic carbocycles. The second-order valence-corrected chi connectivity index (χ2v) is 7.71. The molecule has 4 heteroatoms. The summed E-state index contributed by atoms with van der Waals surface area (Å²) in [6.45, 7) is 10.5. The molecule has 144 valence electrons. The number of nitrogens with one attached hydrogen (secondary N) is 1. The molecule has 0 aliphatic heterocycles. The van der Waals surface area contributed by atoms with Crippen LogP contribution >= 0.6 is 0 Å². The van der Waals surface area contributed by atoms with Gasteiger partial charge in [-0.15, -0.1) is 0 Å². The standard InChI is InChI=1S/C25H24N4/c1-15-6-9-23-24(10-15)28-25(27-23)21(14-26)13-20-12-18(4)29(19(20)5)22-8-7-16(2)17(3)11-22/h6-13H,1-5H3,(H,27,28)/b21-13-. The van der Waals surface area contributed by atoms with Gasteiger partial charge in [-0.25, -0.2) is 4.98 Å². The van der Waals surface area contributed by atoms with Crippen molar-refractivity contribution in [3.63, 3.8) is 0 Å². The van der Waals surface area contributed by atoms with Crippen LogP contribution in [0.15, 0.2) is 42.5 Å². The number of rotatable bonds is 3. The molecule has 0 saturated carbocycles. The normalized spacial score (nSPS) is 11.8. The van der Waals surface area contributed by atoms with Gasteiger partial charge in [0.15, 0.2) is 0 Å². The number of allylic oxidation sites excluding steroid dienone is 1. The van der Waals surface area contributed by atoms with Crippen LogP contribution in [0.4, 0.5) is 0 Å². The number of benzene rings is 2. The third-order valence-corrected chi connectivity index (χ3v) is 5.53. The predicted octanol–water partition coefficient (Wildman–Crippen LogP) is 5.96. The largest absolute Gasteiger partial charge is 0.337 e. The zero-order valence-electron chi connectivity index (χ0n) is 17.5. The molecule has 1 N–H and O–H groups in total. The van der Waals surface area contributed by atoms with Crippen molar-refractivity contribution < 1.29 is 0 Å². The first-order chi connectivity index (χ1) is 13.9. The van der Waals surface area contributed by atoms with Crippen LogP contribution in [0.3, 0.4) is 0 Å². The van der Waals surface area contributed by atoms with E-state index in [-0.39, 0.29) is 0 Å². The number of hydrogen-bond acceptors (Lipinski definition) is 2. The Bertz CT molecular complexity index is 1310. The van der Waals surface area contributed by atoms with Crippen molar-refractivity contribution >= 4 is 22.7 Å². The summed E-state index contributed by atoms with van der Waals surface area (Å²) in [4.78, 5) is 7.89. The van der Waals surface area contributed by atoms with Crippen LogP contribution in [0.5, 0.6) is 0 Å². The number of nitriles is 1. The summed E-state index contributed by atoms with van der Waals surface area (Å²) >= 11 is 0. The minimum atomic E-state index is 0.527. The Balaban J connectivity index is 1.80. The summed E-state index contributed by atoms with van der Waals surface area (Å²) in [7, 11) is 0. The van der Waals surface area contributed by atoms with E-state index in [1.165, 1.54) is 11.1 Å². The highest BCUT2D eigenvalue weighted by Gasteiger charge is 2.13. The highest BCUT2D eigenvalue weighted by Crippen LogP contribution is 2.26. The molecule has 0 atom stereocenters. The monoisotopic (exact) mass is 380 g/mol. The van der Waals surface area contributed by atoms with Gasteiger partial charge in [0.2, 0.25) is 0 Å². The Morgan fingerprint density at radius 1 is 1.00 bits per heavy atom. The fourth-order valence-corrected chi connectivity index (χ4v) is 3.76. The van der Waals surface area contributed by atoms with E-state index in [4.69, 9.17) is 0 Å². The van der Waals surface area contributed by atoms with E-state index in [2.05, 4.69) is 72.6 Å². The summed E-state index contributed by atoms with van der Waals surface area (Å²) < 4.78 is 2.23. The number of H-pyrrole nitrogens is 1. The average Bonchev–Trinajstić information content (AvgIpc) is 3.22. The van der Waals surface area contributed by atoms with E-state index in [1.54, 1.807) is 0 Å². The molecule has 2 heterocycles. The molecule has 0 saturated heterocycles. The molecule has 0 radical (unpaired) electrons. The lowest BCUT2D eigenvalue weighted by Crippen LogP contribution is -2.00. The molecule has 4 nitrogen and oxygen atoms in total. The van der Waals surface area contributed by atoms with Crippen molar-refractivity contribution in [3.05, 3.63) is 81.9 Å². The van der Waals surface area contributed by atoms with Crippen LogP contribution in [0.1, 0.15) is 39.5 Å². The first kappa shape index (κ1) is 18.8. The van der Waals surface area contributed by atoms with Crippen LogP contribution in [0, 0.1) is 45.9 Å². The number of hydrogen-bond donors (Lipinski definition) is 1. The quantitative estimate of drug-likeness (QED) is 0.446. The first-order valence-electron chi connectivity index (χ1n) is 9.72. The van der Waals surface area contributed by atoms with Crippen molar-refractivity contribution in [1.82, 2.24) is 14.5 Å². The fourth-order valence-electron chi connectivity index (χ4n) is 3.76. The maximum absolute atomic E-state index is 9.79.